The molecule has 0 aromatic heterocycles. The Kier molecular flexibility index (Phi) is 5.59. The summed E-state index contributed by atoms with van der Waals surface area (Å²) < 4.78 is 0. The molecule has 0 unspecified atom stereocenters. The van der Waals surface area contributed by atoms with E-state index < -0.39 is 0 Å². The maximum Gasteiger partial charge on any atom is 0.239 e. The Morgan fingerprint density at radius 1 is 1.35 bits per heavy atom. The SMILES string of the molecule is CCc1ccc(NCC(=O)NCCC#N)cc1. The van der Waals surface area contributed by atoms with Gasteiger partial charge < -0.3 is 10.6 Å². The second-order valence-corrected chi connectivity index (χ2v) is 3.66. The average molecular weight is 231 g/mol. The van der Waals surface area contributed by atoms with Crippen LogP contribution >= 0.6 is 0 Å². The molecule has 17 heavy (non-hydrogen) atoms. The normalized spacial score (nSPS) is 9.41. The van der Waals surface area contributed by atoms with E-state index in [4.69, 9.17) is 5.26 Å². The Hall–Kier alpha value is -2.02. The highest BCUT2D eigenvalue weighted by atomic mass is 16.1. The molecule has 2 N–H and O–H groups in total. The van der Waals surface area contributed by atoms with E-state index in [1.54, 1.807) is 0 Å². The standard InChI is InChI=1S/C13H17N3O/c1-2-11-4-6-12(7-5-11)16-10-13(17)15-9-3-8-14/h4-7,16H,2-3,9-10H2,1H3,(H,15,17). The van der Waals surface area contributed by atoms with Gasteiger partial charge in [0.25, 0.3) is 0 Å². The lowest BCUT2D eigenvalue weighted by molar-refractivity contribution is -0.119. The van der Waals surface area contributed by atoms with E-state index in [1.807, 2.05) is 30.3 Å². The van der Waals surface area contributed by atoms with Gasteiger partial charge in [0.05, 0.1) is 19.0 Å². The van der Waals surface area contributed by atoms with Gasteiger partial charge in [-0.25, -0.2) is 0 Å². The van der Waals surface area contributed by atoms with Gasteiger partial charge >= 0.3 is 0 Å². The zero-order valence-corrected chi connectivity index (χ0v) is 9.99. The lowest BCUT2D eigenvalue weighted by Gasteiger charge is -2.07. The third kappa shape index (κ3) is 5.03. The van der Waals surface area contributed by atoms with Crippen molar-refractivity contribution in [2.45, 2.75) is 19.8 Å². The van der Waals surface area contributed by atoms with E-state index in [0.29, 0.717) is 13.0 Å². The number of nitriles is 1. The number of carbonyl (C=O) groups is 1. The molecule has 0 aliphatic heterocycles. The molecule has 0 aliphatic rings. The number of carbonyl (C=O) groups excluding carboxylic acids is 1. The van der Waals surface area contributed by atoms with Crippen LogP contribution in [0.2, 0.25) is 0 Å². The van der Waals surface area contributed by atoms with E-state index in [2.05, 4.69) is 17.6 Å². The van der Waals surface area contributed by atoms with E-state index in [9.17, 15) is 4.79 Å². The fraction of sp³-hybridized carbons (Fsp3) is 0.385. The molecule has 0 saturated carbocycles. The van der Waals surface area contributed by atoms with Crippen LogP contribution < -0.4 is 10.6 Å². The third-order valence-electron chi connectivity index (χ3n) is 2.37. The molecule has 1 aromatic carbocycles. The molecule has 4 nitrogen and oxygen atoms in total. The number of anilines is 1. The maximum absolute atomic E-state index is 11.3. The predicted octanol–water partition coefficient (Wildman–Crippen LogP) is 1.69. The first kappa shape index (κ1) is 13.0. The summed E-state index contributed by atoms with van der Waals surface area (Å²) in [5, 5.41) is 14.0. The first-order valence-electron chi connectivity index (χ1n) is 5.72. The fourth-order valence-corrected chi connectivity index (χ4v) is 1.36. The van der Waals surface area contributed by atoms with Crippen LogP contribution in [0.1, 0.15) is 18.9 Å². The van der Waals surface area contributed by atoms with Crippen LogP contribution in [0, 0.1) is 11.3 Å². The molecule has 1 amide bonds. The Morgan fingerprint density at radius 2 is 2.06 bits per heavy atom. The van der Waals surface area contributed by atoms with Gasteiger partial charge in [0.15, 0.2) is 0 Å². The van der Waals surface area contributed by atoms with Gasteiger partial charge in [-0.2, -0.15) is 5.26 Å². The monoisotopic (exact) mass is 231 g/mol. The van der Waals surface area contributed by atoms with Gasteiger partial charge in [0, 0.05) is 12.2 Å². The van der Waals surface area contributed by atoms with E-state index in [0.717, 1.165) is 12.1 Å². The van der Waals surface area contributed by atoms with Gasteiger partial charge in [-0.1, -0.05) is 19.1 Å². The summed E-state index contributed by atoms with van der Waals surface area (Å²) in [6.45, 7) is 2.74. The molecule has 0 radical (unpaired) electrons. The van der Waals surface area contributed by atoms with Crippen LogP contribution in [0.4, 0.5) is 5.69 Å². The highest BCUT2D eigenvalue weighted by molar-refractivity contribution is 5.80. The second kappa shape index (κ2) is 7.29. The van der Waals surface area contributed by atoms with Crippen molar-refractivity contribution in [3.8, 4) is 6.07 Å². The molecule has 0 aliphatic carbocycles. The minimum absolute atomic E-state index is 0.0974. The summed E-state index contributed by atoms with van der Waals surface area (Å²) >= 11 is 0. The highest BCUT2D eigenvalue weighted by Crippen LogP contribution is 2.09. The summed E-state index contributed by atoms with van der Waals surface area (Å²) in [4.78, 5) is 11.3. The number of nitrogens with one attached hydrogen (secondary N) is 2. The number of hydrogen-bond acceptors (Lipinski definition) is 3. The topological polar surface area (TPSA) is 64.9 Å². The van der Waals surface area contributed by atoms with Crippen LogP contribution in [-0.4, -0.2) is 19.0 Å². The first-order valence-corrected chi connectivity index (χ1v) is 5.72. The summed E-state index contributed by atoms with van der Waals surface area (Å²) in [6, 6.07) is 9.97. The van der Waals surface area contributed by atoms with E-state index >= 15 is 0 Å². The van der Waals surface area contributed by atoms with Gasteiger partial charge in [-0.15, -0.1) is 0 Å². The zero-order chi connectivity index (χ0) is 12.5. The highest BCUT2D eigenvalue weighted by Gasteiger charge is 1.99. The molecule has 0 heterocycles. The van der Waals surface area contributed by atoms with Gasteiger partial charge in [-0.05, 0) is 24.1 Å². The molecule has 0 fully saturated rings. The number of rotatable bonds is 6. The lowest BCUT2D eigenvalue weighted by Crippen LogP contribution is -2.30. The van der Waals surface area contributed by atoms with Crippen molar-refractivity contribution in [1.29, 1.82) is 5.26 Å². The van der Waals surface area contributed by atoms with Crippen LogP contribution in [-0.2, 0) is 11.2 Å². The molecule has 0 spiro atoms. The number of aryl methyl sites for hydroxylation is 1. The number of hydrogen-bond donors (Lipinski definition) is 2. The van der Waals surface area contributed by atoms with Crippen molar-refractivity contribution in [1.82, 2.24) is 5.32 Å². The Labute approximate surface area is 102 Å². The Morgan fingerprint density at radius 3 is 2.65 bits per heavy atom. The summed E-state index contributed by atoms with van der Waals surface area (Å²) in [5.74, 6) is -0.0974. The summed E-state index contributed by atoms with van der Waals surface area (Å²) in [6.07, 6.45) is 1.35. The number of nitrogens with zero attached hydrogens (tertiary/aromatic N) is 1. The molecular formula is C13H17N3O. The van der Waals surface area contributed by atoms with E-state index in [1.165, 1.54) is 5.56 Å². The minimum Gasteiger partial charge on any atom is -0.376 e. The molecule has 0 atom stereocenters. The molecule has 1 aromatic rings. The Balaban J connectivity index is 2.29. The zero-order valence-electron chi connectivity index (χ0n) is 9.99. The van der Waals surface area contributed by atoms with Gasteiger partial charge in [0.1, 0.15) is 0 Å². The summed E-state index contributed by atoms with van der Waals surface area (Å²) in [7, 11) is 0. The van der Waals surface area contributed by atoms with Crippen molar-refractivity contribution in [3.05, 3.63) is 29.8 Å². The lowest BCUT2D eigenvalue weighted by atomic mass is 10.1. The molecule has 0 bridgehead atoms. The van der Waals surface area contributed by atoms with Crippen LogP contribution in [0.25, 0.3) is 0 Å². The smallest absolute Gasteiger partial charge is 0.239 e. The van der Waals surface area contributed by atoms with Gasteiger partial charge in [-0.3, -0.25) is 4.79 Å². The predicted molar refractivity (Wildman–Crippen MR) is 67.5 cm³/mol. The molecule has 90 valence electrons. The third-order valence-corrected chi connectivity index (χ3v) is 2.37. The summed E-state index contributed by atoms with van der Waals surface area (Å²) in [5.41, 5.74) is 2.20. The maximum atomic E-state index is 11.3. The first-order chi connectivity index (χ1) is 8.26. The van der Waals surface area contributed by atoms with E-state index in [-0.39, 0.29) is 12.5 Å². The molecular weight excluding hydrogens is 214 g/mol. The minimum atomic E-state index is -0.0974. The van der Waals surface area contributed by atoms with Crippen LogP contribution in [0.5, 0.6) is 0 Å². The van der Waals surface area contributed by atoms with Crippen LogP contribution in [0.3, 0.4) is 0 Å². The molecule has 1 rings (SSSR count). The van der Waals surface area contributed by atoms with Crippen molar-refractivity contribution < 1.29 is 4.79 Å². The largest absolute Gasteiger partial charge is 0.376 e. The molecule has 0 saturated heterocycles. The quantitative estimate of drug-likeness (QED) is 0.732. The van der Waals surface area contributed by atoms with Crippen molar-refractivity contribution >= 4 is 11.6 Å². The number of amides is 1. The van der Waals surface area contributed by atoms with Gasteiger partial charge in [0.2, 0.25) is 5.91 Å². The van der Waals surface area contributed by atoms with Crippen LogP contribution in [0.15, 0.2) is 24.3 Å². The molecule has 4 heteroatoms. The second-order valence-electron chi connectivity index (χ2n) is 3.66. The van der Waals surface area contributed by atoms with Crippen molar-refractivity contribution in [2.24, 2.45) is 0 Å². The Bertz CT molecular complexity index is 392. The fourth-order valence-electron chi connectivity index (χ4n) is 1.36. The van der Waals surface area contributed by atoms with Crippen molar-refractivity contribution in [3.63, 3.8) is 0 Å². The average Bonchev–Trinajstić information content (AvgIpc) is 2.37. The van der Waals surface area contributed by atoms with Crippen molar-refractivity contribution in [2.75, 3.05) is 18.4 Å². The number of benzene rings is 1.